The standard InChI is InChI=1S/C16H17N3O/c17-14-7-3-5-11-8-9-19(15(11)14)10-12-4-1-2-6-13(12)16(18)20/h1-7H,8-10,17H2,(H2,18,20). The summed E-state index contributed by atoms with van der Waals surface area (Å²) in [6, 6.07) is 13.5. The zero-order valence-corrected chi connectivity index (χ0v) is 11.2. The maximum Gasteiger partial charge on any atom is 0.249 e. The molecular weight excluding hydrogens is 250 g/mol. The molecule has 2 aromatic rings. The van der Waals surface area contributed by atoms with Crippen molar-refractivity contribution >= 4 is 17.3 Å². The second kappa shape index (κ2) is 4.89. The van der Waals surface area contributed by atoms with E-state index < -0.39 is 0 Å². The van der Waals surface area contributed by atoms with Gasteiger partial charge in [-0.05, 0) is 29.7 Å². The average Bonchev–Trinajstić information content (AvgIpc) is 2.84. The van der Waals surface area contributed by atoms with Gasteiger partial charge in [-0.1, -0.05) is 30.3 Å². The van der Waals surface area contributed by atoms with Gasteiger partial charge in [0.05, 0.1) is 11.4 Å². The molecule has 4 nitrogen and oxygen atoms in total. The fourth-order valence-electron chi connectivity index (χ4n) is 2.83. The quantitative estimate of drug-likeness (QED) is 0.835. The lowest BCUT2D eigenvalue weighted by atomic mass is 10.1. The summed E-state index contributed by atoms with van der Waals surface area (Å²) < 4.78 is 0. The van der Waals surface area contributed by atoms with Gasteiger partial charge in [0, 0.05) is 18.7 Å². The van der Waals surface area contributed by atoms with Gasteiger partial charge in [0.25, 0.3) is 0 Å². The third-order valence-electron chi connectivity index (χ3n) is 3.76. The number of carbonyl (C=O) groups is 1. The number of para-hydroxylation sites is 1. The Morgan fingerprint density at radius 3 is 2.75 bits per heavy atom. The predicted molar refractivity (Wildman–Crippen MR) is 80.6 cm³/mol. The summed E-state index contributed by atoms with van der Waals surface area (Å²) >= 11 is 0. The first-order valence-electron chi connectivity index (χ1n) is 6.67. The van der Waals surface area contributed by atoms with Crippen molar-refractivity contribution in [2.45, 2.75) is 13.0 Å². The molecule has 2 aromatic carbocycles. The number of rotatable bonds is 3. The van der Waals surface area contributed by atoms with Gasteiger partial charge in [0.15, 0.2) is 0 Å². The topological polar surface area (TPSA) is 72.4 Å². The van der Waals surface area contributed by atoms with E-state index >= 15 is 0 Å². The number of amides is 1. The molecule has 0 spiro atoms. The number of nitrogens with zero attached hydrogens (tertiary/aromatic N) is 1. The smallest absolute Gasteiger partial charge is 0.249 e. The summed E-state index contributed by atoms with van der Waals surface area (Å²) in [5, 5.41) is 0. The summed E-state index contributed by atoms with van der Waals surface area (Å²) in [6.07, 6.45) is 0.985. The Kier molecular flexibility index (Phi) is 3.06. The van der Waals surface area contributed by atoms with E-state index in [0.29, 0.717) is 12.1 Å². The van der Waals surface area contributed by atoms with Crippen molar-refractivity contribution in [3.63, 3.8) is 0 Å². The van der Waals surface area contributed by atoms with Gasteiger partial charge in [-0.25, -0.2) is 0 Å². The number of carbonyl (C=O) groups excluding carboxylic acids is 1. The van der Waals surface area contributed by atoms with Crippen LogP contribution >= 0.6 is 0 Å². The van der Waals surface area contributed by atoms with Crippen molar-refractivity contribution in [2.24, 2.45) is 5.73 Å². The zero-order valence-electron chi connectivity index (χ0n) is 11.2. The molecule has 0 unspecified atom stereocenters. The van der Waals surface area contributed by atoms with Crippen LogP contribution in [0.3, 0.4) is 0 Å². The second-order valence-corrected chi connectivity index (χ2v) is 5.05. The minimum absolute atomic E-state index is 0.388. The van der Waals surface area contributed by atoms with E-state index in [1.165, 1.54) is 5.56 Å². The maximum absolute atomic E-state index is 11.5. The highest BCUT2D eigenvalue weighted by Gasteiger charge is 2.22. The van der Waals surface area contributed by atoms with E-state index in [9.17, 15) is 4.79 Å². The van der Waals surface area contributed by atoms with Crippen LogP contribution < -0.4 is 16.4 Å². The largest absolute Gasteiger partial charge is 0.397 e. The average molecular weight is 267 g/mol. The van der Waals surface area contributed by atoms with Gasteiger partial charge in [-0.2, -0.15) is 0 Å². The Balaban J connectivity index is 1.94. The minimum Gasteiger partial charge on any atom is -0.397 e. The Hall–Kier alpha value is -2.49. The van der Waals surface area contributed by atoms with E-state index in [1.807, 2.05) is 30.3 Å². The second-order valence-electron chi connectivity index (χ2n) is 5.05. The van der Waals surface area contributed by atoms with Crippen LogP contribution in [-0.4, -0.2) is 12.5 Å². The zero-order chi connectivity index (χ0) is 14.1. The summed E-state index contributed by atoms with van der Waals surface area (Å²) in [4.78, 5) is 13.7. The lowest BCUT2D eigenvalue weighted by molar-refractivity contribution is 0.0999. The Morgan fingerprint density at radius 1 is 1.15 bits per heavy atom. The van der Waals surface area contributed by atoms with Gasteiger partial charge in [-0.15, -0.1) is 0 Å². The lowest BCUT2D eigenvalue weighted by Crippen LogP contribution is -2.23. The number of fused-ring (bicyclic) bond motifs is 1. The molecule has 0 radical (unpaired) electrons. The molecule has 1 heterocycles. The van der Waals surface area contributed by atoms with E-state index in [0.717, 1.165) is 29.9 Å². The van der Waals surface area contributed by atoms with Gasteiger partial charge in [0.2, 0.25) is 5.91 Å². The molecular formula is C16H17N3O. The molecule has 1 aliphatic rings. The molecule has 102 valence electrons. The van der Waals surface area contributed by atoms with E-state index in [1.54, 1.807) is 6.07 Å². The first-order chi connectivity index (χ1) is 9.66. The van der Waals surface area contributed by atoms with Gasteiger partial charge >= 0.3 is 0 Å². The number of primary amides is 1. The fraction of sp³-hybridized carbons (Fsp3) is 0.188. The van der Waals surface area contributed by atoms with Crippen LogP contribution in [0.25, 0.3) is 0 Å². The van der Waals surface area contributed by atoms with Crippen LogP contribution in [0.1, 0.15) is 21.5 Å². The van der Waals surface area contributed by atoms with Crippen molar-refractivity contribution in [1.82, 2.24) is 0 Å². The van der Waals surface area contributed by atoms with Crippen molar-refractivity contribution in [1.29, 1.82) is 0 Å². The predicted octanol–water partition coefficient (Wildman–Crippen LogP) is 1.93. The van der Waals surface area contributed by atoms with Gasteiger partial charge in [-0.3, -0.25) is 4.79 Å². The molecule has 0 saturated carbocycles. The Bertz CT molecular complexity index is 667. The number of benzene rings is 2. The van der Waals surface area contributed by atoms with E-state index in [2.05, 4.69) is 11.0 Å². The van der Waals surface area contributed by atoms with Crippen LogP contribution in [-0.2, 0) is 13.0 Å². The molecule has 1 amide bonds. The highest BCUT2D eigenvalue weighted by Crippen LogP contribution is 2.34. The number of nitrogen functional groups attached to an aromatic ring is 1. The third-order valence-corrected chi connectivity index (χ3v) is 3.76. The highest BCUT2D eigenvalue weighted by atomic mass is 16.1. The first kappa shape index (κ1) is 12.5. The summed E-state index contributed by atoms with van der Waals surface area (Å²) in [6.45, 7) is 1.57. The van der Waals surface area contributed by atoms with E-state index in [-0.39, 0.29) is 5.91 Å². The number of nitrogens with two attached hydrogens (primary N) is 2. The van der Waals surface area contributed by atoms with Crippen LogP contribution in [0.4, 0.5) is 11.4 Å². The molecule has 0 aliphatic carbocycles. The van der Waals surface area contributed by atoms with E-state index in [4.69, 9.17) is 11.5 Å². The van der Waals surface area contributed by atoms with Crippen molar-refractivity contribution in [3.8, 4) is 0 Å². The maximum atomic E-state index is 11.5. The summed E-state index contributed by atoms with van der Waals surface area (Å²) in [5.74, 6) is -0.388. The third kappa shape index (κ3) is 2.09. The normalized spacial score (nSPS) is 13.3. The summed E-state index contributed by atoms with van der Waals surface area (Å²) in [5.41, 5.74) is 16.2. The molecule has 1 aliphatic heterocycles. The van der Waals surface area contributed by atoms with Crippen LogP contribution in [0, 0.1) is 0 Å². The number of hydrogen-bond acceptors (Lipinski definition) is 3. The molecule has 0 bridgehead atoms. The van der Waals surface area contributed by atoms with Crippen LogP contribution in [0.2, 0.25) is 0 Å². The van der Waals surface area contributed by atoms with Crippen LogP contribution in [0.5, 0.6) is 0 Å². The molecule has 4 N–H and O–H groups in total. The van der Waals surface area contributed by atoms with Crippen molar-refractivity contribution in [3.05, 3.63) is 59.2 Å². The first-order valence-corrected chi connectivity index (χ1v) is 6.67. The van der Waals surface area contributed by atoms with Crippen molar-refractivity contribution in [2.75, 3.05) is 17.2 Å². The SMILES string of the molecule is NC(=O)c1ccccc1CN1CCc2cccc(N)c21. The fourth-order valence-corrected chi connectivity index (χ4v) is 2.83. The molecule has 0 fully saturated rings. The molecule has 3 rings (SSSR count). The Labute approximate surface area is 118 Å². The molecule has 0 atom stereocenters. The van der Waals surface area contributed by atoms with Gasteiger partial charge in [0.1, 0.15) is 0 Å². The van der Waals surface area contributed by atoms with Crippen LogP contribution in [0.15, 0.2) is 42.5 Å². The molecule has 0 aromatic heterocycles. The van der Waals surface area contributed by atoms with Crippen molar-refractivity contribution < 1.29 is 4.79 Å². The summed E-state index contributed by atoms with van der Waals surface area (Å²) in [7, 11) is 0. The molecule has 0 saturated heterocycles. The van der Waals surface area contributed by atoms with Gasteiger partial charge < -0.3 is 16.4 Å². The molecule has 20 heavy (non-hydrogen) atoms. The number of hydrogen-bond donors (Lipinski definition) is 2. The monoisotopic (exact) mass is 267 g/mol. The Morgan fingerprint density at radius 2 is 1.95 bits per heavy atom. The minimum atomic E-state index is -0.388. The molecule has 4 heteroatoms. The highest BCUT2D eigenvalue weighted by molar-refractivity contribution is 5.94. The lowest BCUT2D eigenvalue weighted by Gasteiger charge is -2.22. The number of anilines is 2.